The number of nitrogens with zero attached hydrogens (tertiary/aromatic N) is 2. The van der Waals surface area contributed by atoms with Gasteiger partial charge in [-0.15, -0.1) is 10.2 Å². The number of aromatic nitrogens is 2. The predicted octanol–water partition coefficient (Wildman–Crippen LogP) is 3.24. The Hall–Kier alpha value is -1.75. The van der Waals surface area contributed by atoms with Crippen LogP contribution in [0.25, 0.3) is 11.5 Å². The van der Waals surface area contributed by atoms with Gasteiger partial charge in [0.05, 0.1) is 11.6 Å². The largest absolute Gasteiger partial charge is 0.419 e. The van der Waals surface area contributed by atoms with Crippen LogP contribution in [0.2, 0.25) is 0 Å². The van der Waals surface area contributed by atoms with Crippen LogP contribution in [0.1, 0.15) is 37.8 Å². The maximum absolute atomic E-state index is 14.0. The second-order valence-electron chi connectivity index (χ2n) is 4.40. The fourth-order valence-corrected chi connectivity index (χ4v) is 1.95. The van der Waals surface area contributed by atoms with E-state index in [0.29, 0.717) is 17.0 Å². The van der Waals surface area contributed by atoms with Crippen LogP contribution in [0.4, 0.5) is 4.39 Å². The monoisotopic (exact) mass is 263 g/mol. The van der Waals surface area contributed by atoms with Crippen molar-refractivity contribution in [1.82, 2.24) is 15.5 Å². The summed E-state index contributed by atoms with van der Waals surface area (Å²) in [5, 5.41) is 11.2. The third-order valence-electron chi connectivity index (χ3n) is 3.02. The normalized spacial score (nSPS) is 12.6. The number of hydrogen-bond donors (Lipinski definition) is 1. The van der Waals surface area contributed by atoms with Gasteiger partial charge in [0, 0.05) is 0 Å². The van der Waals surface area contributed by atoms with E-state index in [9.17, 15) is 4.39 Å². The van der Waals surface area contributed by atoms with Crippen molar-refractivity contribution in [3.05, 3.63) is 35.5 Å². The molecule has 0 spiro atoms. The number of aryl methyl sites for hydroxylation is 1. The second-order valence-corrected chi connectivity index (χ2v) is 4.40. The Labute approximate surface area is 112 Å². The Morgan fingerprint density at radius 1 is 1.32 bits per heavy atom. The molecule has 0 saturated carbocycles. The molecule has 2 rings (SSSR count). The van der Waals surface area contributed by atoms with Crippen molar-refractivity contribution >= 4 is 0 Å². The average molecular weight is 263 g/mol. The van der Waals surface area contributed by atoms with Crippen LogP contribution in [-0.4, -0.2) is 16.7 Å². The molecule has 102 valence electrons. The molecule has 0 saturated heterocycles. The summed E-state index contributed by atoms with van der Waals surface area (Å²) in [4.78, 5) is 0. The van der Waals surface area contributed by atoms with Crippen LogP contribution >= 0.6 is 0 Å². The van der Waals surface area contributed by atoms with E-state index in [1.807, 2.05) is 13.8 Å². The predicted molar refractivity (Wildman–Crippen MR) is 71.1 cm³/mol. The zero-order chi connectivity index (χ0) is 13.8. The van der Waals surface area contributed by atoms with Gasteiger partial charge in [-0.25, -0.2) is 4.39 Å². The first-order valence-corrected chi connectivity index (χ1v) is 6.49. The summed E-state index contributed by atoms with van der Waals surface area (Å²) in [5.41, 5.74) is 0.918. The molecule has 0 fully saturated rings. The van der Waals surface area contributed by atoms with Crippen molar-refractivity contribution in [2.75, 3.05) is 6.54 Å². The number of rotatable bonds is 5. The van der Waals surface area contributed by atoms with Crippen LogP contribution in [-0.2, 0) is 0 Å². The molecule has 0 amide bonds. The first-order valence-electron chi connectivity index (χ1n) is 6.49. The van der Waals surface area contributed by atoms with Crippen LogP contribution in [0.15, 0.2) is 22.6 Å². The Kier molecular flexibility index (Phi) is 4.27. The lowest BCUT2D eigenvalue weighted by molar-refractivity contribution is 0.401. The number of halogens is 1. The minimum atomic E-state index is -0.311. The zero-order valence-corrected chi connectivity index (χ0v) is 11.4. The van der Waals surface area contributed by atoms with E-state index in [-0.39, 0.29) is 17.7 Å². The maximum atomic E-state index is 14.0. The molecular formula is C14H18FN3O. The summed E-state index contributed by atoms with van der Waals surface area (Å²) >= 11 is 0. The van der Waals surface area contributed by atoms with Gasteiger partial charge in [-0.2, -0.15) is 0 Å². The van der Waals surface area contributed by atoms with Gasteiger partial charge in [-0.3, -0.25) is 0 Å². The minimum absolute atomic E-state index is 0.0131. The highest BCUT2D eigenvalue weighted by molar-refractivity contribution is 5.55. The van der Waals surface area contributed by atoms with E-state index in [2.05, 4.69) is 15.5 Å². The van der Waals surface area contributed by atoms with Gasteiger partial charge in [0.2, 0.25) is 5.89 Å². The second kappa shape index (κ2) is 5.93. The Morgan fingerprint density at radius 2 is 2.11 bits per heavy atom. The molecule has 19 heavy (non-hydrogen) atoms. The highest BCUT2D eigenvalue weighted by atomic mass is 19.1. The summed E-state index contributed by atoms with van der Waals surface area (Å²) in [5.74, 6) is 0.419. The summed E-state index contributed by atoms with van der Waals surface area (Å²) in [7, 11) is 0. The number of benzene rings is 1. The minimum Gasteiger partial charge on any atom is -0.419 e. The molecule has 1 atom stereocenters. The summed E-state index contributed by atoms with van der Waals surface area (Å²) in [6.45, 7) is 6.57. The number of nitrogens with one attached hydrogen (secondary N) is 1. The smallest absolute Gasteiger partial charge is 0.250 e. The lowest BCUT2D eigenvalue weighted by Gasteiger charge is -2.10. The van der Waals surface area contributed by atoms with Gasteiger partial charge < -0.3 is 9.73 Å². The van der Waals surface area contributed by atoms with E-state index in [4.69, 9.17) is 4.42 Å². The van der Waals surface area contributed by atoms with Gasteiger partial charge in [0.15, 0.2) is 0 Å². The van der Waals surface area contributed by atoms with E-state index < -0.39 is 0 Å². The molecule has 0 aliphatic heterocycles. The van der Waals surface area contributed by atoms with Gasteiger partial charge in [0.25, 0.3) is 5.89 Å². The quantitative estimate of drug-likeness (QED) is 0.899. The molecule has 1 heterocycles. The SMILES string of the molecule is CCNC(CC)c1nnc(-c2cccc(C)c2F)o1. The number of hydrogen-bond acceptors (Lipinski definition) is 4. The molecule has 0 bridgehead atoms. The van der Waals surface area contributed by atoms with E-state index >= 15 is 0 Å². The molecule has 1 aromatic carbocycles. The van der Waals surface area contributed by atoms with Crippen LogP contribution in [0, 0.1) is 12.7 Å². The molecule has 0 radical (unpaired) electrons. The highest BCUT2D eigenvalue weighted by Crippen LogP contribution is 2.25. The van der Waals surface area contributed by atoms with Crippen LogP contribution < -0.4 is 5.32 Å². The van der Waals surface area contributed by atoms with Crippen molar-refractivity contribution in [1.29, 1.82) is 0 Å². The van der Waals surface area contributed by atoms with Crippen molar-refractivity contribution in [2.24, 2.45) is 0 Å². The fraction of sp³-hybridized carbons (Fsp3) is 0.429. The van der Waals surface area contributed by atoms with Crippen molar-refractivity contribution < 1.29 is 8.81 Å². The van der Waals surface area contributed by atoms with Crippen LogP contribution in [0.5, 0.6) is 0 Å². The summed E-state index contributed by atoms with van der Waals surface area (Å²) in [6.07, 6.45) is 0.839. The third-order valence-corrected chi connectivity index (χ3v) is 3.02. The Morgan fingerprint density at radius 3 is 2.79 bits per heavy atom. The lowest BCUT2D eigenvalue weighted by atomic mass is 10.1. The van der Waals surface area contributed by atoms with E-state index in [1.165, 1.54) is 0 Å². The van der Waals surface area contributed by atoms with Gasteiger partial charge in [-0.1, -0.05) is 26.0 Å². The standard InChI is InChI=1S/C14H18FN3O/c1-4-11(16-5-2)14-18-17-13(19-14)10-8-6-7-9(3)12(10)15/h6-8,11,16H,4-5H2,1-3H3. The van der Waals surface area contributed by atoms with Crippen molar-refractivity contribution in [3.8, 4) is 11.5 Å². The topological polar surface area (TPSA) is 51.0 Å². The molecular weight excluding hydrogens is 245 g/mol. The van der Waals surface area contributed by atoms with Crippen molar-refractivity contribution in [2.45, 2.75) is 33.2 Å². The maximum Gasteiger partial charge on any atom is 0.250 e. The molecule has 2 aromatic rings. The van der Waals surface area contributed by atoms with E-state index in [0.717, 1.165) is 13.0 Å². The molecule has 4 nitrogen and oxygen atoms in total. The van der Waals surface area contributed by atoms with Gasteiger partial charge in [0.1, 0.15) is 5.82 Å². The zero-order valence-electron chi connectivity index (χ0n) is 11.4. The van der Waals surface area contributed by atoms with Crippen LogP contribution in [0.3, 0.4) is 0 Å². The van der Waals surface area contributed by atoms with Crippen molar-refractivity contribution in [3.63, 3.8) is 0 Å². The molecule has 1 aromatic heterocycles. The van der Waals surface area contributed by atoms with Gasteiger partial charge in [-0.05, 0) is 31.5 Å². The summed E-state index contributed by atoms with van der Waals surface area (Å²) in [6, 6.07) is 5.15. The lowest BCUT2D eigenvalue weighted by Crippen LogP contribution is -2.20. The van der Waals surface area contributed by atoms with Gasteiger partial charge >= 0.3 is 0 Å². The summed E-state index contributed by atoms with van der Waals surface area (Å²) < 4.78 is 19.6. The average Bonchev–Trinajstić information content (AvgIpc) is 2.88. The third kappa shape index (κ3) is 2.81. The van der Waals surface area contributed by atoms with E-state index in [1.54, 1.807) is 25.1 Å². The first-order chi connectivity index (χ1) is 9.17. The Bertz CT molecular complexity index is 553. The molecule has 1 unspecified atom stereocenters. The first kappa shape index (κ1) is 13.7. The molecule has 0 aliphatic carbocycles. The molecule has 0 aliphatic rings. The Balaban J connectivity index is 2.32. The fourth-order valence-electron chi connectivity index (χ4n) is 1.95. The molecule has 5 heteroatoms. The molecule has 1 N–H and O–H groups in total. The highest BCUT2D eigenvalue weighted by Gasteiger charge is 2.18.